The van der Waals surface area contributed by atoms with Gasteiger partial charge in [0.1, 0.15) is 6.10 Å². The number of aryl methyl sites for hydroxylation is 1. The van der Waals surface area contributed by atoms with E-state index in [2.05, 4.69) is 16.2 Å². The maximum atomic E-state index is 6.11. The Labute approximate surface area is 131 Å². The summed E-state index contributed by atoms with van der Waals surface area (Å²) in [5.74, 6) is 1.65. The van der Waals surface area contributed by atoms with Gasteiger partial charge in [0.25, 0.3) is 0 Å². The van der Waals surface area contributed by atoms with Gasteiger partial charge in [-0.2, -0.15) is 5.10 Å². The van der Waals surface area contributed by atoms with Crippen molar-refractivity contribution in [1.29, 1.82) is 0 Å². The second-order valence-electron chi connectivity index (χ2n) is 5.77. The fourth-order valence-electron chi connectivity index (χ4n) is 2.89. The molecule has 2 heterocycles. The second kappa shape index (κ2) is 6.83. The van der Waals surface area contributed by atoms with E-state index >= 15 is 0 Å². The zero-order valence-electron chi connectivity index (χ0n) is 13.2. The normalized spacial score (nSPS) is 16.6. The van der Waals surface area contributed by atoms with Crippen LogP contribution in [0, 0.1) is 0 Å². The first kappa shape index (κ1) is 14.9. The number of ether oxygens (including phenoxy) is 2. The lowest BCUT2D eigenvalue weighted by molar-refractivity contribution is 0.0943. The minimum atomic E-state index is 0.265. The van der Waals surface area contributed by atoms with Crippen molar-refractivity contribution < 1.29 is 9.47 Å². The number of methoxy groups -OCH3 is 1. The molecule has 22 heavy (non-hydrogen) atoms. The number of piperidine rings is 1. The molecule has 0 amide bonds. The number of likely N-dealkylation sites (tertiary alicyclic amines) is 1. The molecule has 0 aliphatic carbocycles. The first-order chi connectivity index (χ1) is 10.7. The van der Waals surface area contributed by atoms with Crippen molar-refractivity contribution in [2.24, 2.45) is 7.05 Å². The Morgan fingerprint density at radius 1 is 1.18 bits per heavy atom. The lowest BCUT2D eigenvalue weighted by atomic mass is 10.1. The summed E-state index contributed by atoms with van der Waals surface area (Å²) in [5, 5.41) is 4.22. The average molecular weight is 301 g/mol. The van der Waals surface area contributed by atoms with E-state index in [1.165, 1.54) is 5.56 Å². The van der Waals surface area contributed by atoms with Crippen molar-refractivity contribution >= 4 is 0 Å². The predicted molar refractivity (Wildman–Crippen MR) is 85.1 cm³/mol. The highest BCUT2D eigenvalue weighted by molar-refractivity contribution is 5.39. The van der Waals surface area contributed by atoms with Crippen LogP contribution in [0.1, 0.15) is 18.4 Å². The van der Waals surface area contributed by atoms with Crippen LogP contribution in [0.5, 0.6) is 11.5 Å². The van der Waals surface area contributed by atoms with Crippen molar-refractivity contribution in [1.82, 2.24) is 14.7 Å². The highest BCUT2D eigenvalue weighted by atomic mass is 16.5. The van der Waals surface area contributed by atoms with E-state index in [1.54, 1.807) is 7.11 Å². The number of hydrogen-bond acceptors (Lipinski definition) is 4. The maximum Gasteiger partial charge on any atom is 0.161 e. The van der Waals surface area contributed by atoms with Gasteiger partial charge in [-0.15, -0.1) is 0 Å². The fraction of sp³-hybridized carbons (Fsp3) is 0.471. The van der Waals surface area contributed by atoms with Crippen LogP contribution in [0.25, 0.3) is 0 Å². The van der Waals surface area contributed by atoms with Crippen LogP contribution < -0.4 is 9.47 Å². The monoisotopic (exact) mass is 301 g/mol. The molecule has 5 nitrogen and oxygen atoms in total. The molecule has 0 unspecified atom stereocenters. The molecule has 0 spiro atoms. The van der Waals surface area contributed by atoms with Crippen LogP contribution in [0.2, 0.25) is 0 Å². The summed E-state index contributed by atoms with van der Waals surface area (Å²) in [5.41, 5.74) is 1.27. The van der Waals surface area contributed by atoms with Crippen molar-refractivity contribution in [3.8, 4) is 11.5 Å². The minimum absolute atomic E-state index is 0.265. The third-order valence-electron chi connectivity index (χ3n) is 4.06. The van der Waals surface area contributed by atoms with Crippen LogP contribution in [0.4, 0.5) is 0 Å². The lowest BCUT2D eigenvalue weighted by Crippen LogP contribution is -2.37. The van der Waals surface area contributed by atoms with Crippen LogP contribution in [-0.4, -0.2) is 41.0 Å². The van der Waals surface area contributed by atoms with Crippen LogP contribution >= 0.6 is 0 Å². The average Bonchev–Trinajstić information content (AvgIpc) is 2.95. The highest BCUT2D eigenvalue weighted by Crippen LogP contribution is 2.29. The van der Waals surface area contributed by atoms with Gasteiger partial charge in [-0.3, -0.25) is 9.58 Å². The van der Waals surface area contributed by atoms with E-state index in [4.69, 9.17) is 9.47 Å². The van der Waals surface area contributed by atoms with E-state index in [1.807, 2.05) is 42.2 Å². The molecule has 118 valence electrons. The summed E-state index contributed by atoms with van der Waals surface area (Å²) in [6, 6.07) is 7.85. The Morgan fingerprint density at radius 3 is 2.55 bits per heavy atom. The third kappa shape index (κ3) is 3.60. The molecular weight excluding hydrogens is 278 g/mol. The fourth-order valence-corrected chi connectivity index (χ4v) is 2.89. The molecule has 1 aliphatic heterocycles. The molecule has 1 aromatic heterocycles. The molecule has 0 bridgehead atoms. The van der Waals surface area contributed by atoms with Crippen LogP contribution in [0.15, 0.2) is 36.7 Å². The largest absolute Gasteiger partial charge is 0.493 e. The number of aromatic nitrogens is 2. The predicted octanol–water partition coefficient (Wildman–Crippen LogP) is 2.47. The minimum Gasteiger partial charge on any atom is -0.493 e. The standard InChI is InChI=1S/C17H23N3O2/c1-19-12-14(11-18-19)13-20-9-7-15(8-10-20)22-17-6-4-3-5-16(17)21-2/h3-6,11-12,15H,7-10,13H2,1-2H3. The summed E-state index contributed by atoms with van der Waals surface area (Å²) < 4.78 is 13.3. The van der Waals surface area contributed by atoms with Gasteiger partial charge in [-0.05, 0) is 25.0 Å². The first-order valence-corrected chi connectivity index (χ1v) is 7.74. The quantitative estimate of drug-likeness (QED) is 0.850. The van der Waals surface area contributed by atoms with Crippen LogP contribution in [-0.2, 0) is 13.6 Å². The molecule has 1 aromatic carbocycles. The second-order valence-corrected chi connectivity index (χ2v) is 5.77. The summed E-state index contributed by atoms with van der Waals surface area (Å²) in [6.07, 6.45) is 6.37. The smallest absolute Gasteiger partial charge is 0.161 e. The molecule has 0 atom stereocenters. The Bertz CT molecular complexity index is 603. The van der Waals surface area contributed by atoms with E-state index in [-0.39, 0.29) is 6.10 Å². The Balaban J connectivity index is 1.51. The Morgan fingerprint density at radius 2 is 1.91 bits per heavy atom. The highest BCUT2D eigenvalue weighted by Gasteiger charge is 2.21. The Hall–Kier alpha value is -2.01. The van der Waals surface area contributed by atoms with Gasteiger partial charge in [0, 0.05) is 38.4 Å². The molecule has 0 radical (unpaired) electrons. The number of benzene rings is 1. The topological polar surface area (TPSA) is 39.5 Å². The summed E-state index contributed by atoms with van der Waals surface area (Å²) >= 11 is 0. The van der Waals surface area contributed by atoms with E-state index in [0.29, 0.717) is 0 Å². The molecule has 3 rings (SSSR count). The van der Waals surface area contributed by atoms with Gasteiger partial charge in [0.2, 0.25) is 0 Å². The summed E-state index contributed by atoms with van der Waals surface area (Å²) in [6.45, 7) is 3.07. The number of hydrogen-bond donors (Lipinski definition) is 0. The first-order valence-electron chi connectivity index (χ1n) is 7.74. The molecule has 1 aliphatic rings. The molecular formula is C17H23N3O2. The zero-order valence-corrected chi connectivity index (χ0v) is 13.2. The number of rotatable bonds is 5. The maximum absolute atomic E-state index is 6.11. The molecule has 0 N–H and O–H groups in total. The Kier molecular flexibility index (Phi) is 4.63. The van der Waals surface area contributed by atoms with Gasteiger partial charge in [0.05, 0.1) is 13.3 Å². The van der Waals surface area contributed by atoms with Crippen molar-refractivity contribution in [2.75, 3.05) is 20.2 Å². The van der Waals surface area contributed by atoms with Gasteiger partial charge in [0.15, 0.2) is 11.5 Å². The van der Waals surface area contributed by atoms with Gasteiger partial charge in [-0.1, -0.05) is 12.1 Å². The van der Waals surface area contributed by atoms with E-state index in [0.717, 1.165) is 44.0 Å². The van der Waals surface area contributed by atoms with Crippen molar-refractivity contribution in [3.05, 3.63) is 42.2 Å². The lowest BCUT2D eigenvalue weighted by Gasteiger charge is -2.32. The van der Waals surface area contributed by atoms with Gasteiger partial charge in [-0.25, -0.2) is 0 Å². The summed E-state index contributed by atoms with van der Waals surface area (Å²) in [4.78, 5) is 2.46. The third-order valence-corrected chi connectivity index (χ3v) is 4.06. The zero-order chi connectivity index (χ0) is 15.4. The molecule has 5 heteroatoms. The molecule has 1 saturated heterocycles. The molecule has 0 saturated carbocycles. The summed E-state index contributed by atoms with van der Waals surface area (Å²) in [7, 11) is 3.63. The number of para-hydroxylation sites is 2. The van der Waals surface area contributed by atoms with Gasteiger partial charge >= 0.3 is 0 Å². The van der Waals surface area contributed by atoms with E-state index < -0.39 is 0 Å². The van der Waals surface area contributed by atoms with Crippen molar-refractivity contribution in [3.63, 3.8) is 0 Å². The molecule has 1 fully saturated rings. The molecule has 2 aromatic rings. The van der Waals surface area contributed by atoms with Crippen LogP contribution in [0.3, 0.4) is 0 Å². The van der Waals surface area contributed by atoms with Gasteiger partial charge < -0.3 is 9.47 Å². The number of nitrogens with zero attached hydrogens (tertiary/aromatic N) is 3. The van der Waals surface area contributed by atoms with E-state index in [9.17, 15) is 0 Å². The SMILES string of the molecule is COc1ccccc1OC1CCN(Cc2cnn(C)c2)CC1. The van der Waals surface area contributed by atoms with Crippen molar-refractivity contribution in [2.45, 2.75) is 25.5 Å².